The second-order valence-electron chi connectivity index (χ2n) is 21.7. The van der Waals surface area contributed by atoms with Gasteiger partial charge in [-0.15, -0.1) is 0 Å². The molecule has 0 aromatic carbocycles. The highest BCUT2D eigenvalue weighted by molar-refractivity contribution is 5.71. The molecule has 0 bridgehead atoms. The second kappa shape index (κ2) is 61.2. The van der Waals surface area contributed by atoms with E-state index in [1.54, 1.807) is 0 Å². The lowest BCUT2D eigenvalue weighted by molar-refractivity contribution is -0.167. The Kier molecular flexibility index (Phi) is 59.2. The van der Waals surface area contributed by atoms with E-state index >= 15 is 0 Å². The van der Waals surface area contributed by atoms with Crippen molar-refractivity contribution in [1.82, 2.24) is 0 Å². The first-order chi connectivity index (χ1) is 35.5. The zero-order valence-corrected chi connectivity index (χ0v) is 48.5. The molecule has 0 aliphatic carbocycles. The molecule has 1 unspecified atom stereocenters. The van der Waals surface area contributed by atoms with Gasteiger partial charge in [-0.05, 0) is 57.8 Å². The first-order valence-corrected chi connectivity index (χ1v) is 32.0. The minimum absolute atomic E-state index is 0.0724. The molecule has 0 aromatic rings. The number of carbonyl (C=O) groups is 3. The summed E-state index contributed by atoms with van der Waals surface area (Å²) in [5.41, 5.74) is 0. The van der Waals surface area contributed by atoms with Crippen LogP contribution in [0.2, 0.25) is 0 Å². The summed E-state index contributed by atoms with van der Waals surface area (Å²) in [4.78, 5) is 38.2. The SMILES string of the molecule is CCCCCCC/C=C\C/C=C\C/C=C\CCCCCCCCC(=O)OC(COC(=O)CCCCCCCCCCCCC)COC(=O)CCCCCCCCCCCCCCCCCCCCCCCC. The van der Waals surface area contributed by atoms with E-state index in [1.807, 2.05) is 0 Å². The van der Waals surface area contributed by atoms with Crippen LogP contribution in [-0.4, -0.2) is 37.2 Å². The molecule has 0 saturated carbocycles. The molecule has 0 rings (SSSR count). The standard InChI is InChI=1S/C66H122O6/c1-4-7-10-13-16-19-22-24-26-28-30-32-34-35-37-39-41-44-47-50-53-56-59-65(68)71-62-63(61-70-64(67)58-55-52-49-46-43-21-18-15-12-9-6-3)72-66(69)60-57-54-51-48-45-42-40-38-36-33-31-29-27-25-23-20-17-14-11-8-5-2/h23,25,29,31,36,38,63H,4-22,24,26-28,30,32-35,37,39-62H2,1-3H3/b25-23-,31-29-,38-36-. The molecule has 72 heavy (non-hydrogen) atoms. The summed E-state index contributed by atoms with van der Waals surface area (Å²) in [5, 5.41) is 0. The third kappa shape index (κ3) is 58.5. The molecule has 6 heteroatoms. The first-order valence-electron chi connectivity index (χ1n) is 32.0. The van der Waals surface area contributed by atoms with Crippen LogP contribution in [0, 0.1) is 0 Å². The Morgan fingerprint density at radius 3 is 0.778 bits per heavy atom. The van der Waals surface area contributed by atoms with Gasteiger partial charge in [-0.25, -0.2) is 0 Å². The van der Waals surface area contributed by atoms with E-state index in [9.17, 15) is 14.4 Å². The van der Waals surface area contributed by atoms with Crippen LogP contribution in [0.15, 0.2) is 36.5 Å². The van der Waals surface area contributed by atoms with E-state index in [0.717, 1.165) is 77.0 Å². The van der Waals surface area contributed by atoms with Crippen LogP contribution in [-0.2, 0) is 28.6 Å². The van der Waals surface area contributed by atoms with Crippen molar-refractivity contribution in [3.8, 4) is 0 Å². The normalized spacial score (nSPS) is 12.2. The molecule has 0 saturated heterocycles. The monoisotopic (exact) mass is 1010 g/mol. The van der Waals surface area contributed by atoms with E-state index in [1.165, 1.54) is 231 Å². The average molecular weight is 1010 g/mol. The number of carbonyl (C=O) groups excluding carboxylic acids is 3. The Labute approximate surface area is 448 Å². The van der Waals surface area contributed by atoms with Crippen molar-refractivity contribution < 1.29 is 28.6 Å². The van der Waals surface area contributed by atoms with Crippen LogP contribution in [0.3, 0.4) is 0 Å². The molecule has 0 aromatic heterocycles. The molecule has 422 valence electrons. The van der Waals surface area contributed by atoms with Gasteiger partial charge in [-0.1, -0.05) is 308 Å². The quantitative estimate of drug-likeness (QED) is 0.0261. The maximum atomic E-state index is 12.9. The second-order valence-corrected chi connectivity index (χ2v) is 21.7. The van der Waals surface area contributed by atoms with Gasteiger partial charge in [0.25, 0.3) is 0 Å². The first kappa shape index (κ1) is 69.6. The summed E-state index contributed by atoms with van der Waals surface area (Å²) >= 11 is 0. The number of ether oxygens (including phenoxy) is 3. The van der Waals surface area contributed by atoms with Gasteiger partial charge in [-0.2, -0.15) is 0 Å². The largest absolute Gasteiger partial charge is 0.462 e. The summed E-state index contributed by atoms with van der Waals surface area (Å²) in [5.74, 6) is -0.863. The van der Waals surface area contributed by atoms with Crippen molar-refractivity contribution in [1.29, 1.82) is 0 Å². The van der Waals surface area contributed by atoms with Crippen LogP contribution in [0.1, 0.15) is 348 Å². The third-order valence-electron chi connectivity index (χ3n) is 14.4. The highest BCUT2D eigenvalue weighted by Crippen LogP contribution is 2.18. The zero-order chi connectivity index (χ0) is 52.2. The number of esters is 3. The van der Waals surface area contributed by atoms with Gasteiger partial charge in [0.15, 0.2) is 6.10 Å². The van der Waals surface area contributed by atoms with E-state index in [4.69, 9.17) is 14.2 Å². The van der Waals surface area contributed by atoms with E-state index in [0.29, 0.717) is 19.3 Å². The lowest BCUT2D eigenvalue weighted by Gasteiger charge is -2.18. The van der Waals surface area contributed by atoms with Gasteiger partial charge in [0.05, 0.1) is 0 Å². The van der Waals surface area contributed by atoms with Gasteiger partial charge in [0, 0.05) is 19.3 Å². The summed E-state index contributed by atoms with van der Waals surface area (Å²) in [6, 6.07) is 0. The Morgan fingerprint density at radius 2 is 0.500 bits per heavy atom. The van der Waals surface area contributed by atoms with Crippen molar-refractivity contribution in [2.45, 2.75) is 354 Å². The Hall–Kier alpha value is -2.37. The fourth-order valence-corrected chi connectivity index (χ4v) is 9.57. The molecule has 0 radical (unpaired) electrons. The lowest BCUT2D eigenvalue weighted by Crippen LogP contribution is -2.30. The van der Waals surface area contributed by atoms with Gasteiger partial charge < -0.3 is 14.2 Å². The molecular weight excluding hydrogens is 889 g/mol. The predicted octanol–water partition coefficient (Wildman–Crippen LogP) is 21.6. The van der Waals surface area contributed by atoms with Crippen LogP contribution in [0.5, 0.6) is 0 Å². The maximum absolute atomic E-state index is 12.9. The molecule has 0 aliphatic rings. The molecule has 0 N–H and O–H groups in total. The molecule has 0 amide bonds. The highest BCUT2D eigenvalue weighted by Gasteiger charge is 2.19. The van der Waals surface area contributed by atoms with Crippen LogP contribution >= 0.6 is 0 Å². The number of unbranched alkanes of at least 4 members (excludes halogenated alkanes) is 42. The van der Waals surface area contributed by atoms with Crippen molar-refractivity contribution in [3.05, 3.63) is 36.5 Å². The number of hydrogen-bond donors (Lipinski definition) is 0. The van der Waals surface area contributed by atoms with Crippen molar-refractivity contribution in [2.75, 3.05) is 13.2 Å². The summed E-state index contributed by atoms with van der Waals surface area (Å²) in [6.07, 6.45) is 74.4. The van der Waals surface area contributed by atoms with Crippen molar-refractivity contribution >= 4 is 17.9 Å². The molecule has 0 heterocycles. The van der Waals surface area contributed by atoms with Crippen molar-refractivity contribution in [3.63, 3.8) is 0 Å². The molecule has 6 nitrogen and oxygen atoms in total. The fraction of sp³-hybridized carbons (Fsp3) is 0.864. The average Bonchev–Trinajstić information content (AvgIpc) is 3.38. The maximum Gasteiger partial charge on any atom is 0.306 e. The number of hydrogen-bond acceptors (Lipinski definition) is 6. The predicted molar refractivity (Wildman–Crippen MR) is 312 cm³/mol. The minimum atomic E-state index is -0.775. The number of allylic oxidation sites excluding steroid dienone is 6. The zero-order valence-electron chi connectivity index (χ0n) is 48.5. The summed E-state index contributed by atoms with van der Waals surface area (Å²) < 4.78 is 16.9. The van der Waals surface area contributed by atoms with Crippen molar-refractivity contribution in [2.24, 2.45) is 0 Å². The smallest absolute Gasteiger partial charge is 0.306 e. The van der Waals surface area contributed by atoms with Crippen LogP contribution in [0.25, 0.3) is 0 Å². The third-order valence-corrected chi connectivity index (χ3v) is 14.4. The number of rotatable bonds is 59. The topological polar surface area (TPSA) is 78.9 Å². The Bertz CT molecular complexity index is 1210. The molecule has 0 fully saturated rings. The molecule has 1 atom stereocenters. The van der Waals surface area contributed by atoms with E-state index in [-0.39, 0.29) is 31.1 Å². The van der Waals surface area contributed by atoms with Crippen LogP contribution in [0.4, 0.5) is 0 Å². The van der Waals surface area contributed by atoms with E-state index in [2.05, 4.69) is 57.2 Å². The molecular formula is C66H122O6. The van der Waals surface area contributed by atoms with Gasteiger partial charge >= 0.3 is 17.9 Å². The summed E-state index contributed by atoms with van der Waals surface area (Å²) in [7, 11) is 0. The van der Waals surface area contributed by atoms with Crippen LogP contribution < -0.4 is 0 Å². The Morgan fingerprint density at radius 1 is 0.278 bits per heavy atom. The minimum Gasteiger partial charge on any atom is -0.462 e. The summed E-state index contributed by atoms with van der Waals surface area (Å²) in [6.45, 7) is 6.67. The van der Waals surface area contributed by atoms with Gasteiger partial charge in [0.1, 0.15) is 13.2 Å². The van der Waals surface area contributed by atoms with E-state index < -0.39 is 6.10 Å². The Balaban J connectivity index is 4.26. The van der Waals surface area contributed by atoms with Gasteiger partial charge in [-0.3, -0.25) is 14.4 Å². The lowest BCUT2D eigenvalue weighted by atomic mass is 10.0. The highest BCUT2D eigenvalue weighted by atomic mass is 16.6. The molecule has 0 spiro atoms. The van der Waals surface area contributed by atoms with Gasteiger partial charge in [0.2, 0.25) is 0 Å². The fourth-order valence-electron chi connectivity index (χ4n) is 9.57. The molecule has 0 aliphatic heterocycles.